The van der Waals surface area contributed by atoms with Crippen LogP contribution in [0.25, 0.3) is 0 Å². The van der Waals surface area contributed by atoms with Crippen LogP contribution in [0.5, 0.6) is 0 Å². The fourth-order valence-corrected chi connectivity index (χ4v) is 2.54. The molecule has 1 aromatic carbocycles. The van der Waals surface area contributed by atoms with E-state index in [2.05, 4.69) is 12.1 Å². The molecule has 18 heavy (non-hydrogen) atoms. The number of benzene rings is 1. The predicted octanol–water partition coefficient (Wildman–Crippen LogP) is 0.996. The van der Waals surface area contributed by atoms with Crippen molar-refractivity contribution in [3.05, 3.63) is 35.9 Å². The van der Waals surface area contributed by atoms with Crippen molar-refractivity contribution in [2.75, 3.05) is 19.6 Å². The number of nitrogens with zero attached hydrogens (tertiary/aromatic N) is 1. The molecule has 1 fully saturated rings. The van der Waals surface area contributed by atoms with Crippen LogP contribution < -0.4 is 0 Å². The summed E-state index contributed by atoms with van der Waals surface area (Å²) in [4.78, 5) is 12.4. The van der Waals surface area contributed by atoms with E-state index in [9.17, 15) is 9.90 Å². The maximum Gasteiger partial charge on any atom is 0.317 e. The summed E-state index contributed by atoms with van der Waals surface area (Å²) in [5.41, 5.74) is 1.23. The second-order valence-corrected chi connectivity index (χ2v) is 4.93. The Morgan fingerprint density at radius 3 is 2.67 bits per heavy atom. The third kappa shape index (κ3) is 3.55. The largest absolute Gasteiger partial charge is 0.480 e. The minimum absolute atomic E-state index is 0.0229. The summed E-state index contributed by atoms with van der Waals surface area (Å²) in [6.45, 7) is 1.24. The molecule has 2 atom stereocenters. The molecule has 0 saturated carbocycles. The van der Waals surface area contributed by atoms with Crippen LogP contribution in [-0.2, 0) is 11.2 Å². The van der Waals surface area contributed by atoms with Gasteiger partial charge >= 0.3 is 5.97 Å². The average Bonchev–Trinajstić information content (AvgIpc) is 2.33. The van der Waals surface area contributed by atoms with Crippen molar-refractivity contribution in [1.82, 2.24) is 4.90 Å². The molecular weight excluding hydrogens is 230 g/mol. The van der Waals surface area contributed by atoms with Gasteiger partial charge < -0.3 is 10.2 Å². The number of aliphatic hydroxyl groups excluding tert-OH is 1. The number of carbonyl (C=O) groups is 1. The Bertz CT molecular complexity index is 393. The van der Waals surface area contributed by atoms with Crippen molar-refractivity contribution in [3.63, 3.8) is 0 Å². The van der Waals surface area contributed by atoms with Gasteiger partial charge in [-0.05, 0) is 30.9 Å². The van der Waals surface area contributed by atoms with E-state index in [4.69, 9.17) is 5.11 Å². The molecule has 2 rings (SSSR count). The van der Waals surface area contributed by atoms with E-state index >= 15 is 0 Å². The number of hydrogen-bond acceptors (Lipinski definition) is 3. The van der Waals surface area contributed by atoms with Crippen LogP contribution >= 0.6 is 0 Å². The van der Waals surface area contributed by atoms with E-state index in [1.165, 1.54) is 5.56 Å². The minimum atomic E-state index is -0.830. The fraction of sp³-hybridized carbons (Fsp3) is 0.500. The molecule has 98 valence electrons. The van der Waals surface area contributed by atoms with Crippen molar-refractivity contribution in [1.29, 1.82) is 0 Å². The molecule has 0 amide bonds. The lowest BCUT2D eigenvalue weighted by Gasteiger charge is -2.35. The Hall–Kier alpha value is -1.39. The number of rotatable bonds is 4. The van der Waals surface area contributed by atoms with E-state index < -0.39 is 12.1 Å². The highest BCUT2D eigenvalue weighted by molar-refractivity contribution is 5.69. The summed E-state index contributed by atoms with van der Waals surface area (Å²) in [7, 11) is 0. The van der Waals surface area contributed by atoms with Crippen LogP contribution in [-0.4, -0.2) is 46.8 Å². The molecule has 4 heteroatoms. The molecule has 2 N–H and O–H groups in total. The highest BCUT2D eigenvalue weighted by Gasteiger charge is 2.28. The number of hydrogen-bond donors (Lipinski definition) is 2. The zero-order chi connectivity index (χ0) is 13.0. The molecule has 1 saturated heterocycles. The molecule has 0 radical (unpaired) electrons. The van der Waals surface area contributed by atoms with Crippen LogP contribution in [0.1, 0.15) is 12.0 Å². The van der Waals surface area contributed by atoms with Gasteiger partial charge in [-0.3, -0.25) is 9.69 Å². The highest BCUT2D eigenvalue weighted by atomic mass is 16.4. The van der Waals surface area contributed by atoms with Gasteiger partial charge in [-0.2, -0.15) is 0 Å². The highest BCUT2D eigenvalue weighted by Crippen LogP contribution is 2.22. The summed E-state index contributed by atoms with van der Waals surface area (Å²) in [5.74, 6) is -0.596. The molecule has 1 aromatic rings. The van der Waals surface area contributed by atoms with Crippen LogP contribution in [0.4, 0.5) is 0 Å². The quantitative estimate of drug-likeness (QED) is 0.835. The molecule has 0 spiro atoms. The van der Waals surface area contributed by atoms with Gasteiger partial charge in [0.1, 0.15) is 0 Å². The standard InChI is InChI=1S/C14H19NO3/c16-13-9-15(10-14(17)18)7-6-12(13)8-11-4-2-1-3-5-11/h1-5,12-13,16H,6-10H2,(H,17,18)/t12-,13+/m0/s1. The van der Waals surface area contributed by atoms with Crippen LogP contribution in [0.15, 0.2) is 30.3 Å². The van der Waals surface area contributed by atoms with Crippen LogP contribution in [0.2, 0.25) is 0 Å². The Kier molecular flexibility index (Phi) is 4.33. The lowest BCUT2D eigenvalue weighted by atomic mass is 9.88. The van der Waals surface area contributed by atoms with Crippen molar-refractivity contribution in [2.24, 2.45) is 5.92 Å². The lowest BCUT2D eigenvalue weighted by Crippen LogP contribution is -2.46. The zero-order valence-electron chi connectivity index (χ0n) is 10.3. The van der Waals surface area contributed by atoms with Crippen LogP contribution in [0, 0.1) is 5.92 Å². The number of aliphatic hydroxyl groups is 1. The zero-order valence-corrected chi connectivity index (χ0v) is 10.3. The Balaban J connectivity index is 1.88. The summed E-state index contributed by atoms with van der Waals surface area (Å²) in [5, 5.41) is 18.8. The van der Waals surface area contributed by atoms with Crippen molar-refractivity contribution >= 4 is 5.97 Å². The molecular formula is C14H19NO3. The van der Waals surface area contributed by atoms with E-state index in [1.54, 1.807) is 4.90 Å². The van der Waals surface area contributed by atoms with Crippen molar-refractivity contribution in [3.8, 4) is 0 Å². The molecule has 4 nitrogen and oxygen atoms in total. The van der Waals surface area contributed by atoms with E-state index in [0.717, 1.165) is 19.4 Å². The molecule has 1 aliphatic heterocycles. The van der Waals surface area contributed by atoms with E-state index in [1.807, 2.05) is 18.2 Å². The van der Waals surface area contributed by atoms with Gasteiger partial charge in [-0.15, -0.1) is 0 Å². The maximum atomic E-state index is 10.6. The first-order valence-corrected chi connectivity index (χ1v) is 6.31. The SMILES string of the molecule is O=C(O)CN1CC[C@@H](Cc2ccccc2)[C@H](O)C1. The van der Waals surface area contributed by atoms with Gasteiger partial charge in [0, 0.05) is 6.54 Å². The average molecular weight is 249 g/mol. The van der Waals surface area contributed by atoms with Gasteiger partial charge in [0.2, 0.25) is 0 Å². The minimum Gasteiger partial charge on any atom is -0.480 e. The second-order valence-electron chi connectivity index (χ2n) is 4.93. The van der Waals surface area contributed by atoms with Gasteiger partial charge in [-0.25, -0.2) is 0 Å². The summed E-state index contributed by atoms with van der Waals surface area (Å²) < 4.78 is 0. The topological polar surface area (TPSA) is 60.8 Å². The third-order valence-corrected chi connectivity index (χ3v) is 3.51. The van der Waals surface area contributed by atoms with Crippen molar-refractivity contribution < 1.29 is 15.0 Å². The van der Waals surface area contributed by atoms with Gasteiger partial charge in [-0.1, -0.05) is 30.3 Å². The van der Waals surface area contributed by atoms with Gasteiger partial charge in [0.25, 0.3) is 0 Å². The van der Waals surface area contributed by atoms with Crippen molar-refractivity contribution in [2.45, 2.75) is 18.9 Å². The Labute approximate surface area is 107 Å². The number of carboxylic acids is 1. The Morgan fingerprint density at radius 1 is 1.33 bits per heavy atom. The van der Waals surface area contributed by atoms with Gasteiger partial charge in [0.05, 0.1) is 12.6 Å². The van der Waals surface area contributed by atoms with Crippen LogP contribution in [0.3, 0.4) is 0 Å². The monoisotopic (exact) mass is 249 g/mol. The maximum absolute atomic E-state index is 10.6. The van der Waals surface area contributed by atoms with E-state index in [-0.39, 0.29) is 12.5 Å². The molecule has 1 aliphatic rings. The first-order chi connectivity index (χ1) is 8.65. The molecule has 0 bridgehead atoms. The van der Waals surface area contributed by atoms with Gasteiger partial charge in [0.15, 0.2) is 0 Å². The fourth-order valence-electron chi connectivity index (χ4n) is 2.54. The molecule has 0 aromatic heterocycles. The Morgan fingerprint density at radius 2 is 2.06 bits per heavy atom. The lowest BCUT2D eigenvalue weighted by molar-refractivity contribution is -0.139. The molecule has 1 heterocycles. The van der Waals surface area contributed by atoms with E-state index in [0.29, 0.717) is 6.54 Å². The second kappa shape index (κ2) is 5.98. The third-order valence-electron chi connectivity index (χ3n) is 3.51. The first-order valence-electron chi connectivity index (χ1n) is 6.31. The smallest absolute Gasteiger partial charge is 0.317 e. The number of carboxylic acid groups (broad SMARTS) is 1. The number of aliphatic carboxylic acids is 1. The molecule has 0 aliphatic carbocycles. The number of β-amino-alcohol motifs (C(OH)–C–C–N with tert-alkyl or cyclic N) is 1. The first kappa shape index (κ1) is 13.1. The number of piperidine rings is 1. The normalized spacial score (nSPS) is 24.9. The summed E-state index contributed by atoms with van der Waals surface area (Å²) >= 11 is 0. The number of likely N-dealkylation sites (tertiary alicyclic amines) is 1. The predicted molar refractivity (Wildman–Crippen MR) is 68.3 cm³/mol. The summed E-state index contributed by atoms with van der Waals surface area (Å²) in [6, 6.07) is 10.1. The summed E-state index contributed by atoms with van der Waals surface area (Å²) in [6.07, 6.45) is 1.28. The molecule has 0 unspecified atom stereocenters.